The first-order chi connectivity index (χ1) is 12.2. The molecule has 1 fully saturated rings. The quantitative estimate of drug-likeness (QED) is 0.862. The average molecular weight is 339 g/mol. The number of aromatic nitrogens is 1. The Balaban J connectivity index is 1.70. The number of hydrogen-bond acceptors (Lipinski definition) is 5. The predicted molar refractivity (Wildman–Crippen MR) is 93.2 cm³/mol. The van der Waals surface area contributed by atoms with Gasteiger partial charge in [0.1, 0.15) is 11.4 Å². The van der Waals surface area contributed by atoms with Gasteiger partial charge in [0.25, 0.3) is 5.91 Å². The Morgan fingerprint density at radius 2 is 2.00 bits per heavy atom. The summed E-state index contributed by atoms with van der Waals surface area (Å²) >= 11 is 0. The Hall–Kier alpha value is -2.60. The first-order valence-electron chi connectivity index (χ1n) is 8.50. The van der Waals surface area contributed by atoms with Gasteiger partial charge in [0.2, 0.25) is 0 Å². The van der Waals surface area contributed by atoms with Gasteiger partial charge in [0.15, 0.2) is 0 Å². The summed E-state index contributed by atoms with van der Waals surface area (Å²) in [4.78, 5) is 19.0. The zero-order valence-electron chi connectivity index (χ0n) is 14.0. The third kappa shape index (κ3) is 3.17. The molecule has 25 heavy (non-hydrogen) atoms. The molecule has 6 heteroatoms. The topological polar surface area (TPSA) is 77.7 Å². The first-order valence-corrected chi connectivity index (χ1v) is 8.50. The SMILES string of the molecule is Nc1cncc(C(=O)N2Cc3ccccc3OC3(CCOCC3)C2)c1. The smallest absolute Gasteiger partial charge is 0.255 e. The Labute approximate surface area is 146 Å². The first kappa shape index (κ1) is 15.9. The average Bonchev–Trinajstić information content (AvgIpc) is 2.78. The number of ether oxygens (including phenoxy) is 2. The number of carbonyl (C=O) groups excluding carboxylic acids is 1. The second kappa shape index (κ2) is 6.37. The lowest BCUT2D eigenvalue weighted by Crippen LogP contribution is -2.50. The lowest BCUT2D eigenvalue weighted by Gasteiger charge is -2.38. The minimum Gasteiger partial charge on any atom is -0.485 e. The standard InChI is InChI=1S/C19H21N3O3/c20-16-9-15(10-21-11-16)18(23)22-12-14-3-1-2-4-17(14)25-19(13-22)5-7-24-8-6-19/h1-4,9-11H,5-8,12-13,20H2. The van der Waals surface area contributed by atoms with Crippen LogP contribution in [0.2, 0.25) is 0 Å². The van der Waals surface area contributed by atoms with Crippen molar-refractivity contribution in [1.82, 2.24) is 9.88 Å². The molecule has 2 aromatic rings. The number of anilines is 1. The van der Waals surface area contributed by atoms with Crippen molar-refractivity contribution in [2.75, 3.05) is 25.5 Å². The normalized spacial score (nSPS) is 19.0. The monoisotopic (exact) mass is 339 g/mol. The van der Waals surface area contributed by atoms with E-state index in [-0.39, 0.29) is 5.91 Å². The zero-order chi connectivity index (χ0) is 17.3. The van der Waals surface area contributed by atoms with Gasteiger partial charge in [-0.3, -0.25) is 9.78 Å². The highest BCUT2D eigenvalue weighted by Crippen LogP contribution is 2.35. The maximum absolute atomic E-state index is 13.1. The van der Waals surface area contributed by atoms with Gasteiger partial charge in [-0.2, -0.15) is 0 Å². The van der Waals surface area contributed by atoms with E-state index in [9.17, 15) is 4.79 Å². The van der Waals surface area contributed by atoms with Crippen molar-refractivity contribution in [2.24, 2.45) is 0 Å². The molecule has 1 spiro atoms. The van der Waals surface area contributed by atoms with E-state index in [2.05, 4.69) is 4.98 Å². The molecule has 1 aromatic carbocycles. The Kier molecular flexibility index (Phi) is 4.05. The molecule has 0 atom stereocenters. The molecule has 0 aliphatic carbocycles. The van der Waals surface area contributed by atoms with E-state index in [1.165, 1.54) is 6.20 Å². The fourth-order valence-electron chi connectivity index (χ4n) is 3.51. The molecule has 6 nitrogen and oxygen atoms in total. The van der Waals surface area contributed by atoms with Crippen molar-refractivity contribution >= 4 is 11.6 Å². The molecule has 1 aromatic heterocycles. The van der Waals surface area contributed by atoms with Crippen molar-refractivity contribution in [3.8, 4) is 5.75 Å². The highest BCUT2D eigenvalue weighted by Gasteiger charge is 2.40. The molecule has 4 rings (SSSR count). The third-order valence-corrected chi connectivity index (χ3v) is 4.84. The fraction of sp³-hybridized carbons (Fsp3) is 0.368. The number of nitrogens with zero attached hydrogens (tertiary/aromatic N) is 2. The number of nitrogens with two attached hydrogens (primary N) is 1. The largest absolute Gasteiger partial charge is 0.485 e. The second-order valence-electron chi connectivity index (χ2n) is 6.67. The summed E-state index contributed by atoms with van der Waals surface area (Å²) in [6, 6.07) is 9.58. The number of nitrogen functional groups attached to an aromatic ring is 1. The van der Waals surface area contributed by atoms with E-state index < -0.39 is 5.60 Å². The van der Waals surface area contributed by atoms with Crippen LogP contribution in [-0.4, -0.2) is 41.2 Å². The molecule has 1 saturated heterocycles. The number of hydrogen-bond donors (Lipinski definition) is 1. The Bertz CT molecular complexity index is 787. The summed E-state index contributed by atoms with van der Waals surface area (Å²) in [6.07, 6.45) is 4.63. The molecule has 3 heterocycles. The van der Waals surface area contributed by atoms with Crippen LogP contribution < -0.4 is 10.5 Å². The van der Waals surface area contributed by atoms with E-state index in [0.29, 0.717) is 37.6 Å². The van der Waals surface area contributed by atoms with E-state index in [1.807, 2.05) is 29.2 Å². The van der Waals surface area contributed by atoms with Crippen LogP contribution in [0.4, 0.5) is 5.69 Å². The summed E-state index contributed by atoms with van der Waals surface area (Å²) in [6.45, 7) is 2.32. The summed E-state index contributed by atoms with van der Waals surface area (Å²) in [5.41, 5.74) is 7.38. The molecule has 2 aliphatic heterocycles. The molecule has 2 N–H and O–H groups in total. The Morgan fingerprint density at radius 1 is 1.20 bits per heavy atom. The van der Waals surface area contributed by atoms with Crippen molar-refractivity contribution in [3.63, 3.8) is 0 Å². The highest BCUT2D eigenvalue weighted by atomic mass is 16.5. The minimum absolute atomic E-state index is 0.0778. The molecule has 2 aliphatic rings. The van der Waals surface area contributed by atoms with Crippen LogP contribution in [0.25, 0.3) is 0 Å². The van der Waals surface area contributed by atoms with Crippen molar-refractivity contribution in [2.45, 2.75) is 25.0 Å². The predicted octanol–water partition coefficient (Wildman–Crippen LogP) is 2.25. The van der Waals surface area contributed by atoms with Gasteiger partial charge in [0, 0.05) is 37.3 Å². The van der Waals surface area contributed by atoms with Gasteiger partial charge in [0.05, 0.1) is 31.0 Å². The van der Waals surface area contributed by atoms with Crippen LogP contribution >= 0.6 is 0 Å². The van der Waals surface area contributed by atoms with Crippen LogP contribution in [0.1, 0.15) is 28.8 Å². The molecule has 1 amide bonds. The van der Waals surface area contributed by atoms with Gasteiger partial charge >= 0.3 is 0 Å². The van der Waals surface area contributed by atoms with Gasteiger partial charge in [-0.25, -0.2) is 0 Å². The van der Waals surface area contributed by atoms with Crippen molar-refractivity contribution < 1.29 is 14.3 Å². The summed E-state index contributed by atoms with van der Waals surface area (Å²) < 4.78 is 11.9. The maximum atomic E-state index is 13.1. The third-order valence-electron chi connectivity index (χ3n) is 4.84. The van der Waals surface area contributed by atoms with Crippen LogP contribution in [0.3, 0.4) is 0 Å². The van der Waals surface area contributed by atoms with Gasteiger partial charge in [-0.15, -0.1) is 0 Å². The summed E-state index contributed by atoms with van der Waals surface area (Å²) in [5, 5.41) is 0. The zero-order valence-corrected chi connectivity index (χ0v) is 14.0. The van der Waals surface area contributed by atoms with Crippen LogP contribution in [0.15, 0.2) is 42.7 Å². The van der Waals surface area contributed by atoms with Crippen LogP contribution in [0, 0.1) is 0 Å². The second-order valence-corrected chi connectivity index (χ2v) is 6.67. The number of fused-ring (bicyclic) bond motifs is 1. The highest BCUT2D eigenvalue weighted by molar-refractivity contribution is 5.94. The lowest BCUT2D eigenvalue weighted by molar-refractivity contribution is -0.0550. The summed E-state index contributed by atoms with van der Waals surface area (Å²) in [7, 11) is 0. The number of rotatable bonds is 1. The number of carbonyl (C=O) groups is 1. The van der Waals surface area contributed by atoms with Gasteiger partial charge in [-0.1, -0.05) is 18.2 Å². The molecular weight excluding hydrogens is 318 g/mol. The van der Waals surface area contributed by atoms with Crippen molar-refractivity contribution in [1.29, 1.82) is 0 Å². The number of amides is 1. The van der Waals surface area contributed by atoms with E-state index >= 15 is 0 Å². The minimum atomic E-state index is -0.408. The van der Waals surface area contributed by atoms with Crippen LogP contribution in [-0.2, 0) is 11.3 Å². The van der Waals surface area contributed by atoms with Gasteiger partial charge < -0.3 is 20.1 Å². The number of benzene rings is 1. The van der Waals surface area contributed by atoms with E-state index in [1.54, 1.807) is 12.3 Å². The van der Waals surface area contributed by atoms with E-state index in [4.69, 9.17) is 15.2 Å². The molecule has 0 bridgehead atoms. The maximum Gasteiger partial charge on any atom is 0.255 e. The summed E-state index contributed by atoms with van der Waals surface area (Å²) in [5.74, 6) is 0.774. The lowest BCUT2D eigenvalue weighted by atomic mass is 9.93. The molecule has 0 radical (unpaired) electrons. The van der Waals surface area contributed by atoms with Crippen molar-refractivity contribution in [3.05, 3.63) is 53.9 Å². The van der Waals surface area contributed by atoms with Crippen LogP contribution in [0.5, 0.6) is 5.75 Å². The number of para-hydroxylation sites is 1. The molecule has 130 valence electrons. The Morgan fingerprint density at radius 3 is 2.80 bits per heavy atom. The molecule has 0 unspecified atom stereocenters. The molecular formula is C19H21N3O3. The van der Waals surface area contributed by atoms with Gasteiger partial charge in [-0.05, 0) is 12.1 Å². The number of pyridine rings is 1. The molecule has 0 saturated carbocycles. The van der Waals surface area contributed by atoms with E-state index in [0.717, 1.165) is 24.2 Å². The fourth-order valence-corrected chi connectivity index (χ4v) is 3.51.